The molecule has 1 aromatic rings. The molecule has 1 N–H and O–H groups in total. The smallest absolute Gasteiger partial charge is 0.271 e. The number of aliphatic hydroxyl groups excluding tert-OH is 1. The molecule has 0 spiro atoms. The van der Waals surface area contributed by atoms with E-state index in [2.05, 4.69) is 0 Å². The van der Waals surface area contributed by atoms with Gasteiger partial charge in [-0.2, -0.15) is 0 Å². The highest BCUT2D eigenvalue weighted by Crippen LogP contribution is 2.24. The number of nitro groups is 1. The Kier molecular flexibility index (Phi) is 2.09. The van der Waals surface area contributed by atoms with Gasteiger partial charge in [0.1, 0.15) is 0 Å². The van der Waals surface area contributed by atoms with Crippen molar-refractivity contribution in [1.82, 2.24) is 0 Å². The lowest BCUT2D eigenvalue weighted by Crippen LogP contribution is -2.50. The first kappa shape index (κ1) is 8.96. The maximum atomic E-state index is 10.5. The molecule has 5 heteroatoms. The van der Waals surface area contributed by atoms with E-state index in [1.54, 1.807) is 12.1 Å². The Hall–Kier alpha value is -1.62. The van der Waals surface area contributed by atoms with Crippen LogP contribution in [0.1, 0.15) is 0 Å². The third-order valence-corrected chi connectivity index (χ3v) is 2.27. The Labute approximate surface area is 80.7 Å². The van der Waals surface area contributed by atoms with E-state index in [9.17, 15) is 10.1 Å². The zero-order valence-electron chi connectivity index (χ0n) is 7.46. The van der Waals surface area contributed by atoms with Gasteiger partial charge in [0.05, 0.1) is 11.0 Å². The van der Waals surface area contributed by atoms with Crippen LogP contribution >= 0.6 is 0 Å². The number of aliphatic hydroxyl groups is 1. The first-order valence-corrected chi connectivity index (χ1v) is 4.34. The fraction of sp³-hybridized carbons (Fsp3) is 0.333. The summed E-state index contributed by atoms with van der Waals surface area (Å²) in [4.78, 5) is 12.0. The zero-order chi connectivity index (χ0) is 10.1. The predicted molar refractivity (Wildman–Crippen MR) is 51.3 cm³/mol. The molecule has 1 aliphatic rings. The fourth-order valence-electron chi connectivity index (χ4n) is 1.47. The lowest BCUT2D eigenvalue weighted by atomic mass is 10.1. The maximum Gasteiger partial charge on any atom is 0.271 e. The molecule has 1 fully saturated rings. The van der Waals surface area contributed by atoms with Gasteiger partial charge in [-0.3, -0.25) is 10.1 Å². The summed E-state index contributed by atoms with van der Waals surface area (Å²) in [6.45, 7) is 1.11. The molecular weight excluding hydrogens is 184 g/mol. The molecule has 0 amide bonds. The Morgan fingerprint density at radius 3 is 2.79 bits per heavy atom. The molecular formula is C9H10N2O3. The number of benzene rings is 1. The average molecular weight is 194 g/mol. The summed E-state index contributed by atoms with van der Waals surface area (Å²) >= 11 is 0. The SMILES string of the molecule is O=[N+]([O-])c1cccc(N2CC(O)C2)c1. The van der Waals surface area contributed by atoms with E-state index in [4.69, 9.17) is 5.11 Å². The molecule has 1 aliphatic heterocycles. The van der Waals surface area contributed by atoms with Crippen LogP contribution in [0.5, 0.6) is 0 Å². The largest absolute Gasteiger partial charge is 0.389 e. The predicted octanol–water partition coefficient (Wildman–Crippen LogP) is 0.776. The van der Waals surface area contributed by atoms with Gasteiger partial charge in [0.25, 0.3) is 5.69 Å². The van der Waals surface area contributed by atoms with Gasteiger partial charge in [0.15, 0.2) is 0 Å². The summed E-state index contributed by atoms with van der Waals surface area (Å²) in [5.41, 5.74) is 0.883. The quantitative estimate of drug-likeness (QED) is 0.558. The van der Waals surface area contributed by atoms with E-state index in [0.29, 0.717) is 13.1 Å². The van der Waals surface area contributed by atoms with Gasteiger partial charge in [-0.1, -0.05) is 6.07 Å². The highest BCUT2D eigenvalue weighted by Gasteiger charge is 2.25. The second-order valence-corrected chi connectivity index (χ2v) is 3.34. The number of β-amino-alcohol motifs (C(OH)–C–C–N with tert-alkyl or cyclic N) is 1. The van der Waals surface area contributed by atoms with Gasteiger partial charge in [-0.15, -0.1) is 0 Å². The van der Waals surface area contributed by atoms with Crippen molar-refractivity contribution >= 4 is 11.4 Å². The summed E-state index contributed by atoms with van der Waals surface area (Å²) in [6.07, 6.45) is -0.297. The van der Waals surface area contributed by atoms with Crippen molar-refractivity contribution in [2.45, 2.75) is 6.10 Å². The van der Waals surface area contributed by atoms with Crippen LogP contribution in [0.2, 0.25) is 0 Å². The van der Waals surface area contributed by atoms with Gasteiger partial charge in [0, 0.05) is 30.9 Å². The standard InChI is InChI=1S/C9H10N2O3/c12-9-5-10(6-9)7-2-1-3-8(4-7)11(13)14/h1-4,9,12H,5-6H2. The Morgan fingerprint density at radius 1 is 1.50 bits per heavy atom. The second-order valence-electron chi connectivity index (χ2n) is 3.34. The number of non-ortho nitro benzene ring substituents is 1. The number of rotatable bonds is 2. The van der Waals surface area contributed by atoms with E-state index in [-0.39, 0.29) is 11.8 Å². The molecule has 1 saturated heterocycles. The molecule has 1 aromatic carbocycles. The van der Waals surface area contributed by atoms with Crippen molar-refractivity contribution in [2.24, 2.45) is 0 Å². The van der Waals surface area contributed by atoms with Crippen molar-refractivity contribution in [3.63, 3.8) is 0 Å². The second kappa shape index (κ2) is 3.26. The van der Waals surface area contributed by atoms with Crippen molar-refractivity contribution in [2.75, 3.05) is 18.0 Å². The van der Waals surface area contributed by atoms with Gasteiger partial charge in [-0.25, -0.2) is 0 Å². The minimum atomic E-state index is -0.417. The number of nitrogens with zero attached hydrogens (tertiary/aromatic N) is 2. The molecule has 0 radical (unpaired) electrons. The topological polar surface area (TPSA) is 66.6 Å². The Bertz CT molecular complexity index is 361. The number of hydrogen-bond acceptors (Lipinski definition) is 4. The summed E-state index contributed by atoms with van der Waals surface area (Å²) in [6, 6.07) is 6.43. The van der Waals surface area contributed by atoms with Crippen molar-refractivity contribution in [3.8, 4) is 0 Å². The molecule has 0 bridgehead atoms. The van der Waals surface area contributed by atoms with Crippen LogP contribution in [0.3, 0.4) is 0 Å². The third kappa shape index (κ3) is 1.54. The van der Waals surface area contributed by atoms with Gasteiger partial charge >= 0.3 is 0 Å². The molecule has 0 aliphatic carbocycles. The van der Waals surface area contributed by atoms with E-state index in [1.807, 2.05) is 4.90 Å². The molecule has 14 heavy (non-hydrogen) atoms. The number of nitro benzene ring substituents is 1. The highest BCUT2D eigenvalue weighted by atomic mass is 16.6. The van der Waals surface area contributed by atoms with E-state index < -0.39 is 4.92 Å². The first-order valence-electron chi connectivity index (χ1n) is 4.34. The van der Waals surface area contributed by atoms with Crippen LogP contribution in [-0.2, 0) is 0 Å². The lowest BCUT2D eigenvalue weighted by Gasteiger charge is -2.37. The third-order valence-electron chi connectivity index (χ3n) is 2.27. The summed E-state index contributed by atoms with van der Waals surface area (Å²) in [5, 5.41) is 19.6. The summed E-state index contributed by atoms with van der Waals surface area (Å²) in [7, 11) is 0. The zero-order valence-corrected chi connectivity index (χ0v) is 7.46. The molecule has 0 unspecified atom stereocenters. The molecule has 0 aromatic heterocycles. The van der Waals surface area contributed by atoms with Gasteiger partial charge < -0.3 is 10.0 Å². The summed E-state index contributed by atoms with van der Waals surface area (Å²) in [5.74, 6) is 0. The van der Waals surface area contributed by atoms with E-state index >= 15 is 0 Å². The van der Waals surface area contributed by atoms with E-state index in [0.717, 1.165) is 5.69 Å². The molecule has 74 valence electrons. The lowest BCUT2D eigenvalue weighted by molar-refractivity contribution is -0.384. The number of hydrogen-bond donors (Lipinski definition) is 1. The molecule has 0 atom stereocenters. The molecule has 0 saturated carbocycles. The van der Waals surface area contributed by atoms with Gasteiger partial charge in [0.2, 0.25) is 0 Å². The van der Waals surface area contributed by atoms with Crippen LogP contribution < -0.4 is 4.90 Å². The fourth-order valence-corrected chi connectivity index (χ4v) is 1.47. The van der Waals surface area contributed by atoms with Crippen LogP contribution in [0.15, 0.2) is 24.3 Å². The summed E-state index contributed by atoms with van der Waals surface area (Å²) < 4.78 is 0. The van der Waals surface area contributed by atoms with Crippen molar-refractivity contribution < 1.29 is 10.0 Å². The van der Waals surface area contributed by atoms with Gasteiger partial charge in [-0.05, 0) is 6.07 Å². The highest BCUT2D eigenvalue weighted by molar-refractivity contribution is 5.54. The van der Waals surface area contributed by atoms with E-state index in [1.165, 1.54) is 12.1 Å². The Morgan fingerprint density at radius 2 is 2.21 bits per heavy atom. The minimum Gasteiger partial charge on any atom is -0.389 e. The molecule has 5 nitrogen and oxygen atoms in total. The first-order chi connectivity index (χ1) is 6.66. The molecule has 1 heterocycles. The average Bonchev–Trinajstić information content (AvgIpc) is 2.13. The number of anilines is 1. The molecule has 2 rings (SSSR count). The monoisotopic (exact) mass is 194 g/mol. The van der Waals surface area contributed by atoms with Crippen molar-refractivity contribution in [3.05, 3.63) is 34.4 Å². The van der Waals surface area contributed by atoms with Crippen LogP contribution in [0, 0.1) is 10.1 Å². The van der Waals surface area contributed by atoms with Crippen molar-refractivity contribution in [1.29, 1.82) is 0 Å². The normalized spacial score (nSPS) is 16.5. The van der Waals surface area contributed by atoms with Crippen LogP contribution in [-0.4, -0.2) is 29.2 Å². The minimum absolute atomic E-state index is 0.0869. The maximum absolute atomic E-state index is 10.5. The Balaban J connectivity index is 2.18. The van der Waals surface area contributed by atoms with Crippen LogP contribution in [0.25, 0.3) is 0 Å². The van der Waals surface area contributed by atoms with Crippen LogP contribution in [0.4, 0.5) is 11.4 Å².